The average molecular weight is 290 g/mol. The summed E-state index contributed by atoms with van der Waals surface area (Å²) in [5, 5.41) is 2.88. The normalized spacial score (nSPS) is 18.2. The number of nitrogens with one attached hydrogen (secondary N) is 1. The van der Waals surface area contributed by atoms with Crippen molar-refractivity contribution in [3.8, 4) is 0 Å². The van der Waals surface area contributed by atoms with Gasteiger partial charge in [0.25, 0.3) is 0 Å². The molecule has 1 aliphatic rings. The van der Waals surface area contributed by atoms with Crippen molar-refractivity contribution in [2.75, 3.05) is 18.5 Å². The minimum atomic E-state index is -0.347. The van der Waals surface area contributed by atoms with Crippen LogP contribution < -0.4 is 5.32 Å². The van der Waals surface area contributed by atoms with Gasteiger partial charge >= 0.3 is 12.0 Å². The molecule has 5 nitrogen and oxygen atoms in total. The number of rotatable bonds is 3. The highest BCUT2D eigenvalue weighted by Gasteiger charge is 2.23. The highest BCUT2D eigenvalue weighted by Crippen LogP contribution is 2.18. The summed E-state index contributed by atoms with van der Waals surface area (Å²) in [6, 6.07) is 6.96. The monoisotopic (exact) mass is 290 g/mol. The van der Waals surface area contributed by atoms with E-state index >= 15 is 0 Å². The Morgan fingerprint density at radius 1 is 1.29 bits per heavy atom. The number of urea groups is 1. The summed E-state index contributed by atoms with van der Waals surface area (Å²) >= 11 is 0. The molecular formula is C16H22N2O3. The van der Waals surface area contributed by atoms with Crippen molar-refractivity contribution >= 4 is 17.7 Å². The lowest BCUT2D eigenvalue weighted by molar-refractivity contribution is 0.0526. The van der Waals surface area contributed by atoms with Crippen LogP contribution in [0, 0.1) is 0 Å². The van der Waals surface area contributed by atoms with Crippen molar-refractivity contribution in [3.63, 3.8) is 0 Å². The molecule has 1 saturated heterocycles. The Morgan fingerprint density at radius 2 is 2.00 bits per heavy atom. The van der Waals surface area contributed by atoms with Crippen LogP contribution >= 0.6 is 0 Å². The molecule has 1 unspecified atom stereocenters. The maximum Gasteiger partial charge on any atom is 0.338 e. The second-order valence-corrected chi connectivity index (χ2v) is 5.27. The quantitative estimate of drug-likeness (QED) is 0.869. The van der Waals surface area contributed by atoms with Crippen LogP contribution in [0.3, 0.4) is 0 Å². The molecule has 0 spiro atoms. The number of benzene rings is 1. The number of hydrogen-bond donors (Lipinski definition) is 1. The highest BCUT2D eigenvalue weighted by molar-refractivity contribution is 5.92. The van der Waals surface area contributed by atoms with E-state index in [9.17, 15) is 9.59 Å². The molecule has 1 aromatic rings. The van der Waals surface area contributed by atoms with E-state index in [1.807, 2.05) is 4.90 Å². The molecule has 0 saturated carbocycles. The number of likely N-dealkylation sites (tertiary alicyclic amines) is 1. The molecule has 0 bridgehead atoms. The SMILES string of the molecule is CCOC(=O)c1ccc(NC(=O)N2CCCCC2C)cc1. The molecule has 0 aromatic heterocycles. The Balaban J connectivity index is 1.96. The minimum Gasteiger partial charge on any atom is -0.462 e. The summed E-state index contributed by atoms with van der Waals surface area (Å²) in [5.74, 6) is -0.347. The summed E-state index contributed by atoms with van der Waals surface area (Å²) in [4.78, 5) is 25.6. The van der Waals surface area contributed by atoms with Crippen LogP contribution in [0.1, 0.15) is 43.5 Å². The predicted molar refractivity (Wildman–Crippen MR) is 81.4 cm³/mol. The fourth-order valence-electron chi connectivity index (χ4n) is 2.50. The van der Waals surface area contributed by atoms with Gasteiger partial charge in [0.1, 0.15) is 0 Å². The van der Waals surface area contributed by atoms with Gasteiger partial charge in [0.15, 0.2) is 0 Å². The summed E-state index contributed by atoms with van der Waals surface area (Å²) < 4.78 is 4.92. The van der Waals surface area contributed by atoms with Crippen LogP contribution in [0.4, 0.5) is 10.5 Å². The van der Waals surface area contributed by atoms with Crippen LogP contribution in [0.15, 0.2) is 24.3 Å². The maximum atomic E-state index is 12.2. The Kier molecular flexibility index (Phi) is 5.20. The van der Waals surface area contributed by atoms with Crippen LogP contribution in [0.25, 0.3) is 0 Å². The first-order chi connectivity index (χ1) is 10.1. The molecule has 114 valence electrons. The second-order valence-electron chi connectivity index (χ2n) is 5.27. The Hall–Kier alpha value is -2.04. The number of hydrogen-bond acceptors (Lipinski definition) is 3. The van der Waals surface area contributed by atoms with Gasteiger partial charge < -0.3 is 15.0 Å². The standard InChI is InChI=1S/C16H22N2O3/c1-3-21-15(19)13-7-9-14(10-8-13)17-16(20)18-11-5-4-6-12(18)2/h7-10,12H,3-6,11H2,1-2H3,(H,17,20). The third-order valence-corrected chi connectivity index (χ3v) is 3.71. The number of nitrogens with zero attached hydrogens (tertiary/aromatic N) is 1. The zero-order valence-corrected chi connectivity index (χ0v) is 12.6. The van der Waals surface area contributed by atoms with Crippen molar-refractivity contribution in [1.82, 2.24) is 4.90 Å². The van der Waals surface area contributed by atoms with Crippen molar-refractivity contribution < 1.29 is 14.3 Å². The molecule has 0 radical (unpaired) electrons. The molecule has 1 heterocycles. The van der Waals surface area contributed by atoms with Gasteiger partial charge in [0.05, 0.1) is 12.2 Å². The molecule has 2 rings (SSSR count). The van der Waals surface area contributed by atoms with Gasteiger partial charge in [-0.05, 0) is 57.4 Å². The lowest BCUT2D eigenvalue weighted by Crippen LogP contribution is -2.44. The fraction of sp³-hybridized carbons (Fsp3) is 0.500. The molecular weight excluding hydrogens is 268 g/mol. The molecule has 1 fully saturated rings. The second kappa shape index (κ2) is 7.11. The number of anilines is 1. The van der Waals surface area contributed by atoms with Gasteiger partial charge in [-0.2, -0.15) is 0 Å². The molecule has 21 heavy (non-hydrogen) atoms. The smallest absolute Gasteiger partial charge is 0.338 e. The zero-order chi connectivity index (χ0) is 15.2. The van der Waals surface area contributed by atoms with Gasteiger partial charge in [0, 0.05) is 18.3 Å². The van der Waals surface area contributed by atoms with E-state index in [1.54, 1.807) is 31.2 Å². The Bertz CT molecular complexity index is 499. The molecule has 1 N–H and O–H groups in total. The summed E-state index contributed by atoms with van der Waals surface area (Å²) in [6.45, 7) is 4.99. The molecule has 5 heteroatoms. The third kappa shape index (κ3) is 3.97. The number of esters is 1. The van der Waals surface area contributed by atoms with Crippen LogP contribution in [-0.2, 0) is 4.74 Å². The van der Waals surface area contributed by atoms with E-state index in [1.165, 1.54) is 6.42 Å². The predicted octanol–water partition coefficient (Wildman–Crippen LogP) is 3.27. The van der Waals surface area contributed by atoms with E-state index < -0.39 is 0 Å². The highest BCUT2D eigenvalue weighted by atomic mass is 16.5. The summed E-state index contributed by atoms with van der Waals surface area (Å²) in [6.07, 6.45) is 3.29. The Labute approximate surface area is 125 Å². The lowest BCUT2D eigenvalue weighted by atomic mass is 10.0. The summed E-state index contributed by atoms with van der Waals surface area (Å²) in [7, 11) is 0. The molecule has 0 aliphatic carbocycles. The average Bonchev–Trinajstić information content (AvgIpc) is 2.48. The first kappa shape index (κ1) is 15.4. The van der Waals surface area contributed by atoms with Crippen molar-refractivity contribution in [3.05, 3.63) is 29.8 Å². The van der Waals surface area contributed by atoms with Crippen molar-refractivity contribution in [2.24, 2.45) is 0 Å². The lowest BCUT2D eigenvalue weighted by Gasteiger charge is -2.33. The minimum absolute atomic E-state index is 0.0777. The largest absolute Gasteiger partial charge is 0.462 e. The molecule has 1 aromatic carbocycles. The summed E-state index contributed by atoms with van der Waals surface area (Å²) in [5.41, 5.74) is 1.17. The maximum absolute atomic E-state index is 12.2. The number of amides is 2. The molecule has 2 amide bonds. The van der Waals surface area contributed by atoms with E-state index in [2.05, 4.69) is 12.2 Å². The van der Waals surface area contributed by atoms with E-state index in [0.29, 0.717) is 17.9 Å². The third-order valence-electron chi connectivity index (χ3n) is 3.71. The number of ether oxygens (including phenoxy) is 1. The van der Waals surface area contributed by atoms with Crippen LogP contribution in [0.2, 0.25) is 0 Å². The number of carbonyl (C=O) groups is 2. The van der Waals surface area contributed by atoms with Crippen molar-refractivity contribution in [1.29, 1.82) is 0 Å². The van der Waals surface area contributed by atoms with Gasteiger partial charge in [-0.1, -0.05) is 0 Å². The fourth-order valence-corrected chi connectivity index (χ4v) is 2.50. The molecule has 1 aliphatic heterocycles. The van der Waals surface area contributed by atoms with Crippen LogP contribution in [-0.4, -0.2) is 36.1 Å². The van der Waals surface area contributed by atoms with E-state index in [4.69, 9.17) is 4.74 Å². The number of carbonyl (C=O) groups excluding carboxylic acids is 2. The van der Waals surface area contributed by atoms with Gasteiger partial charge in [-0.15, -0.1) is 0 Å². The van der Waals surface area contributed by atoms with Gasteiger partial charge in [-0.25, -0.2) is 9.59 Å². The molecule has 1 atom stereocenters. The van der Waals surface area contributed by atoms with Crippen LogP contribution in [0.5, 0.6) is 0 Å². The Morgan fingerprint density at radius 3 is 2.62 bits per heavy atom. The van der Waals surface area contributed by atoms with Gasteiger partial charge in [-0.3, -0.25) is 0 Å². The van der Waals surface area contributed by atoms with Crippen molar-refractivity contribution in [2.45, 2.75) is 39.2 Å². The topological polar surface area (TPSA) is 58.6 Å². The first-order valence-corrected chi connectivity index (χ1v) is 7.46. The van der Waals surface area contributed by atoms with Gasteiger partial charge in [0.2, 0.25) is 0 Å². The first-order valence-electron chi connectivity index (χ1n) is 7.46. The zero-order valence-electron chi connectivity index (χ0n) is 12.6. The van der Waals surface area contributed by atoms with E-state index in [0.717, 1.165) is 19.4 Å². The number of piperidine rings is 1. The van der Waals surface area contributed by atoms with E-state index in [-0.39, 0.29) is 18.0 Å².